The van der Waals surface area contributed by atoms with Crippen LogP contribution in [0.5, 0.6) is 0 Å². The Hall–Kier alpha value is -7.23. The molecule has 9 aromatic rings. The van der Waals surface area contributed by atoms with Crippen LogP contribution in [0, 0.1) is 0 Å². The van der Waals surface area contributed by atoms with Gasteiger partial charge in [0.05, 0.1) is 5.41 Å². The molecule has 0 atom stereocenters. The molecule has 2 aliphatic carbocycles. The van der Waals surface area contributed by atoms with E-state index in [-0.39, 0.29) is 0 Å². The molecule has 1 heterocycles. The molecule has 0 fully saturated rings. The van der Waals surface area contributed by atoms with Crippen LogP contribution < -0.4 is 0 Å². The van der Waals surface area contributed by atoms with E-state index in [1.165, 1.54) is 44.5 Å². The average Bonchev–Trinajstić information content (AvgIpc) is 3.74. The van der Waals surface area contributed by atoms with E-state index < -0.39 is 5.41 Å². The van der Waals surface area contributed by atoms with Gasteiger partial charge in [-0.2, -0.15) is 0 Å². The summed E-state index contributed by atoms with van der Waals surface area (Å²) in [5.41, 5.74) is 17.0. The van der Waals surface area contributed by atoms with Crippen molar-refractivity contribution in [2.75, 3.05) is 0 Å². The fraction of sp³-hybridized carbons (Fsp3) is 0.0192. The van der Waals surface area contributed by atoms with Crippen LogP contribution in [0.2, 0.25) is 0 Å². The Morgan fingerprint density at radius 3 is 1.04 bits per heavy atom. The summed E-state index contributed by atoms with van der Waals surface area (Å²) in [6.07, 6.45) is 0. The van der Waals surface area contributed by atoms with Gasteiger partial charge in [-0.3, -0.25) is 0 Å². The number of fused-ring (bicyclic) bond motifs is 10. The van der Waals surface area contributed by atoms with E-state index in [1.807, 2.05) is 12.1 Å². The largest absolute Gasteiger partial charge is 0.208 e. The zero-order valence-electron chi connectivity index (χ0n) is 29.9. The van der Waals surface area contributed by atoms with Crippen molar-refractivity contribution in [3.8, 4) is 78.7 Å². The molecule has 256 valence electrons. The molecule has 0 bridgehead atoms. The minimum atomic E-state index is -0.465. The maximum absolute atomic E-state index is 5.34. The summed E-state index contributed by atoms with van der Waals surface area (Å²) in [7, 11) is 0. The van der Waals surface area contributed by atoms with Gasteiger partial charge in [-0.1, -0.05) is 194 Å². The van der Waals surface area contributed by atoms with Gasteiger partial charge < -0.3 is 0 Å². The number of hydrogen-bond donors (Lipinski definition) is 0. The number of benzene rings is 8. The normalized spacial score (nSPS) is 12.9. The molecule has 3 heteroatoms. The Balaban J connectivity index is 1.18. The van der Waals surface area contributed by atoms with Crippen molar-refractivity contribution in [3.05, 3.63) is 222 Å². The SMILES string of the molecule is c1ccc(-c2ccccc2-c2nc(-c3ccc4c(c3)C3(c5ccccc5-c5ccccc53)c3ccccc3-4)nc(-c3ccccc3-c3ccccc3)n2)cc1. The van der Waals surface area contributed by atoms with E-state index >= 15 is 0 Å². The summed E-state index contributed by atoms with van der Waals surface area (Å²) in [5.74, 6) is 1.91. The molecule has 55 heavy (non-hydrogen) atoms. The first-order valence-electron chi connectivity index (χ1n) is 18.8. The fourth-order valence-corrected chi connectivity index (χ4v) is 9.07. The van der Waals surface area contributed by atoms with Crippen molar-refractivity contribution < 1.29 is 0 Å². The van der Waals surface area contributed by atoms with Crippen molar-refractivity contribution in [1.82, 2.24) is 15.0 Å². The molecule has 0 saturated carbocycles. The Labute approximate surface area is 320 Å². The molecule has 0 saturated heterocycles. The molecule has 0 amide bonds. The summed E-state index contributed by atoms with van der Waals surface area (Å²) in [6.45, 7) is 0. The highest BCUT2D eigenvalue weighted by Crippen LogP contribution is 2.63. The Kier molecular flexibility index (Phi) is 7.08. The lowest BCUT2D eigenvalue weighted by atomic mass is 9.70. The lowest BCUT2D eigenvalue weighted by Crippen LogP contribution is -2.25. The van der Waals surface area contributed by atoms with E-state index in [1.54, 1.807) is 0 Å². The molecule has 1 spiro atoms. The van der Waals surface area contributed by atoms with Crippen LogP contribution in [-0.2, 0) is 5.41 Å². The van der Waals surface area contributed by atoms with E-state index in [0.717, 1.165) is 38.9 Å². The second kappa shape index (κ2) is 12.4. The molecular weight excluding hydrogens is 667 g/mol. The van der Waals surface area contributed by atoms with Crippen LogP contribution in [0.3, 0.4) is 0 Å². The van der Waals surface area contributed by atoms with Crippen molar-refractivity contribution in [3.63, 3.8) is 0 Å². The summed E-state index contributed by atoms with van der Waals surface area (Å²) in [5, 5.41) is 0. The predicted molar refractivity (Wildman–Crippen MR) is 223 cm³/mol. The lowest BCUT2D eigenvalue weighted by molar-refractivity contribution is 0.794. The fourth-order valence-electron chi connectivity index (χ4n) is 9.07. The van der Waals surface area contributed by atoms with Gasteiger partial charge in [0.2, 0.25) is 0 Å². The van der Waals surface area contributed by atoms with Crippen LogP contribution in [-0.4, -0.2) is 15.0 Å². The number of hydrogen-bond acceptors (Lipinski definition) is 3. The molecule has 2 aliphatic rings. The Bertz CT molecular complexity index is 2770. The summed E-state index contributed by atoms with van der Waals surface area (Å²) in [4.78, 5) is 16.0. The van der Waals surface area contributed by atoms with Crippen LogP contribution in [0.15, 0.2) is 200 Å². The van der Waals surface area contributed by atoms with Crippen LogP contribution in [0.4, 0.5) is 0 Å². The zero-order valence-corrected chi connectivity index (χ0v) is 29.9. The average molecular weight is 700 g/mol. The zero-order chi connectivity index (χ0) is 36.3. The van der Waals surface area contributed by atoms with Crippen molar-refractivity contribution in [1.29, 1.82) is 0 Å². The highest BCUT2D eigenvalue weighted by molar-refractivity contribution is 5.96. The standard InChI is InChI=1S/C52H33N3/c1-3-17-34(18-4-1)37-21-7-9-26-43(37)50-53-49(54-51(55-50)44-27-10-8-22-38(44)35-19-5-2-6-20-35)36-31-32-42-41-25-13-16-30-47(41)52(48(42)33-36)45-28-14-11-23-39(45)40-24-12-15-29-46(40)52/h1-33H. The van der Waals surface area contributed by atoms with Gasteiger partial charge in [-0.15, -0.1) is 0 Å². The van der Waals surface area contributed by atoms with Crippen molar-refractivity contribution in [2.45, 2.75) is 5.41 Å². The van der Waals surface area contributed by atoms with E-state index in [0.29, 0.717) is 17.5 Å². The molecule has 0 unspecified atom stereocenters. The number of rotatable bonds is 5. The Morgan fingerprint density at radius 2 is 0.582 bits per heavy atom. The molecule has 11 rings (SSSR count). The molecule has 1 aromatic heterocycles. The van der Waals surface area contributed by atoms with E-state index in [4.69, 9.17) is 15.0 Å². The van der Waals surface area contributed by atoms with Crippen LogP contribution in [0.25, 0.3) is 78.7 Å². The monoisotopic (exact) mass is 699 g/mol. The topological polar surface area (TPSA) is 38.7 Å². The second-order valence-corrected chi connectivity index (χ2v) is 14.3. The van der Waals surface area contributed by atoms with Gasteiger partial charge in [-0.05, 0) is 72.8 Å². The second-order valence-electron chi connectivity index (χ2n) is 14.3. The van der Waals surface area contributed by atoms with Crippen LogP contribution in [0.1, 0.15) is 22.3 Å². The van der Waals surface area contributed by atoms with Gasteiger partial charge in [-0.25, -0.2) is 15.0 Å². The van der Waals surface area contributed by atoms with Gasteiger partial charge >= 0.3 is 0 Å². The minimum Gasteiger partial charge on any atom is -0.208 e. The molecule has 8 aromatic carbocycles. The first-order chi connectivity index (χ1) is 27.3. The van der Waals surface area contributed by atoms with Gasteiger partial charge in [0, 0.05) is 16.7 Å². The van der Waals surface area contributed by atoms with E-state index in [2.05, 4.69) is 188 Å². The first-order valence-corrected chi connectivity index (χ1v) is 18.8. The van der Waals surface area contributed by atoms with Gasteiger partial charge in [0.15, 0.2) is 17.5 Å². The molecule has 0 aliphatic heterocycles. The smallest absolute Gasteiger partial charge is 0.164 e. The highest BCUT2D eigenvalue weighted by Gasteiger charge is 2.51. The predicted octanol–water partition coefficient (Wildman–Crippen LogP) is 12.6. The third-order valence-corrected chi connectivity index (χ3v) is 11.4. The van der Waals surface area contributed by atoms with Crippen molar-refractivity contribution in [2.24, 2.45) is 0 Å². The summed E-state index contributed by atoms with van der Waals surface area (Å²) in [6, 6.07) is 71.3. The van der Waals surface area contributed by atoms with Gasteiger partial charge in [0.25, 0.3) is 0 Å². The first kappa shape index (κ1) is 31.3. The Morgan fingerprint density at radius 1 is 0.236 bits per heavy atom. The van der Waals surface area contributed by atoms with Crippen LogP contribution >= 0.6 is 0 Å². The van der Waals surface area contributed by atoms with Crippen molar-refractivity contribution >= 4 is 0 Å². The highest BCUT2D eigenvalue weighted by atomic mass is 15.0. The molecule has 0 N–H and O–H groups in total. The minimum absolute atomic E-state index is 0.465. The van der Waals surface area contributed by atoms with E-state index in [9.17, 15) is 0 Å². The molecule has 3 nitrogen and oxygen atoms in total. The maximum atomic E-state index is 5.34. The quantitative estimate of drug-likeness (QED) is 0.179. The number of aromatic nitrogens is 3. The third-order valence-electron chi connectivity index (χ3n) is 11.4. The third kappa shape index (κ3) is 4.73. The maximum Gasteiger partial charge on any atom is 0.164 e. The summed E-state index contributed by atoms with van der Waals surface area (Å²) < 4.78 is 0. The number of nitrogens with zero attached hydrogens (tertiary/aromatic N) is 3. The van der Waals surface area contributed by atoms with Gasteiger partial charge in [0.1, 0.15) is 0 Å². The lowest BCUT2D eigenvalue weighted by Gasteiger charge is -2.30. The summed E-state index contributed by atoms with van der Waals surface area (Å²) >= 11 is 0. The molecular formula is C52H33N3. The molecule has 0 radical (unpaired) electrons.